The summed E-state index contributed by atoms with van der Waals surface area (Å²) in [5, 5.41) is 5.00. The predicted octanol–water partition coefficient (Wildman–Crippen LogP) is 5.55. The van der Waals surface area contributed by atoms with Gasteiger partial charge in [0.1, 0.15) is 22.8 Å². The molecular weight excluding hydrogens is 355 g/mol. The molecule has 0 unspecified atom stereocenters. The van der Waals surface area contributed by atoms with Crippen molar-refractivity contribution in [2.24, 2.45) is 5.92 Å². The highest BCUT2D eigenvalue weighted by Gasteiger charge is 2.31. The number of ether oxygens (including phenoxy) is 1. The smallest absolute Gasteiger partial charge is 0.147 e. The fourth-order valence-corrected chi connectivity index (χ4v) is 4.51. The van der Waals surface area contributed by atoms with Gasteiger partial charge in [-0.15, -0.1) is 0 Å². The molecule has 4 nitrogen and oxygen atoms in total. The predicted molar refractivity (Wildman–Crippen MR) is 108 cm³/mol. The van der Waals surface area contributed by atoms with Crippen LogP contribution in [0.2, 0.25) is 0 Å². The van der Waals surface area contributed by atoms with Crippen LogP contribution in [-0.2, 0) is 0 Å². The van der Waals surface area contributed by atoms with E-state index in [2.05, 4.69) is 42.1 Å². The molecule has 0 aliphatic carbocycles. The van der Waals surface area contributed by atoms with E-state index in [0.717, 1.165) is 42.8 Å². The van der Waals surface area contributed by atoms with E-state index in [4.69, 9.17) is 9.26 Å². The highest BCUT2D eigenvalue weighted by atomic mass is 19.1. The van der Waals surface area contributed by atoms with E-state index in [1.165, 1.54) is 17.7 Å². The van der Waals surface area contributed by atoms with Crippen molar-refractivity contribution in [3.05, 3.63) is 59.6 Å². The average molecular weight is 382 g/mol. The molecule has 0 radical (unpaired) electrons. The Bertz CT molecular complexity index is 945. The van der Waals surface area contributed by atoms with Gasteiger partial charge >= 0.3 is 0 Å². The molecule has 0 spiro atoms. The Balaban J connectivity index is 1.51. The molecule has 2 heterocycles. The summed E-state index contributed by atoms with van der Waals surface area (Å²) in [6, 6.07) is 13.5. The van der Waals surface area contributed by atoms with E-state index in [9.17, 15) is 4.39 Å². The van der Waals surface area contributed by atoms with Gasteiger partial charge in [-0.2, -0.15) is 0 Å². The molecule has 0 saturated carbocycles. The summed E-state index contributed by atoms with van der Waals surface area (Å²) in [4.78, 5) is 2.56. The zero-order valence-corrected chi connectivity index (χ0v) is 16.7. The van der Waals surface area contributed by atoms with Crippen LogP contribution >= 0.6 is 0 Å². The Morgan fingerprint density at radius 1 is 1.14 bits per heavy atom. The first-order chi connectivity index (χ1) is 13.6. The van der Waals surface area contributed by atoms with E-state index >= 15 is 0 Å². The van der Waals surface area contributed by atoms with Crippen LogP contribution < -0.4 is 4.74 Å². The van der Waals surface area contributed by atoms with Gasteiger partial charge < -0.3 is 9.26 Å². The summed E-state index contributed by atoms with van der Waals surface area (Å²) in [5.74, 6) is 2.35. The zero-order valence-electron chi connectivity index (χ0n) is 16.7. The Morgan fingerprint density at radius 3 is 2.64 bits per heavy atom. The Morgan fingerprint density at radius 2 is 1.93 bits per heavy atom. The second-order valence-electron chi connectivity index (χ2n) is 7.98. The number of aromatic nitrogens is 1. The standard InChI is InChI=1S/C23H27FN2O2/c1-15(2)22(17-5-4-6-19(13-17)27-3)26-11-9-16(10-12-26)23-20-8-7-18(24)14-21(20)25-28-23/h4-8,13-16,22H,9-12H2,1-3H3/t22-/m0/s1. The van der Waals surface area contributed by atoms with Gasteiger partial charge in [0.2, 0.25) is 0 Å². The maximum atomic E-state index is 13.4. The fourth-order valence-electron chi connectivity index (χ4n) is 4.51. The Hall–Kier alpha value is -2.40. The molecule has 1 fully saturated rings. The lowest BCUT2D eigenvalue weighted by molar-refractivity contribution is 0.114. The third-order valence-electron chi connectivity index (χ3n) is 5.83. The van der Waals surface area contributed by atoms with Crippen molar-refractivity contribution in [3.63, 3.8) is 0 Å². The van der Waals surface area contributed by atoms with Crippen LogP contribution in [0.1, 0.15) is 50.0 Å². The Kier molecular flexibility index (Phi) is 5.36. The van der Waals surface area contributed by atoms with Crippen LogP contribution in [0.4, 0.5) is 4.39 Å². The molecule has 1 aliphatic rings. The maximum absolute atomic E-state index is 13.4. The minimum atomic E-state index is -0.278. The number of nitrogens with zero attached hydrogens (tertiary/aromatic N) is 2. The molecule has 148 valence electrons. The SMILES string of the molecule is COc1cccc([C@H](C(C)C)N2CCC(c3onc4cc(F)ccc34)CC2)c1. The van der Waals surface area contributed by atoms with Crippen molar-refractivity contribution in [3.8, 4) is 5.75 Å². The van der Waals surface area contributed by atoms with Crippen molar-refractivity contribution in [2.45, 2.75) is 38.6 Å². The number of hydrogen-bond acceptors (Lipinski definition) is 4. The number of piperidine rings is 1. The third-order valence-corrected chi connectivity index (χ3v) is 5.83. The van der Waals surface area contributed by atoms with Gasteiger partial charge in [0.05, 0.1) is 7.11 Å². The van der Waals surface area contributed by atoms with Crippen molar-refractivity contribution in [1.29, 1.82) is 0 Å². The van der Waals surface area contributed by atoms with Gasteiger partial charge in [0, 0.05) is 23.4 Å². The number of likely N-dealkylation sites (tertiary alicyclic amines) is 1. The number of rotatable bonds is 5. The summed E-state index contributed by atoms with van der Waals surface area (Å²) < 4.78 is 24.5. The fraction of sp³-hybridized carbons (Fsp3) is 0.435. The lowest BCUT2D eigenvalue weighted by Crippen LogP contribution is -2.38. The van der Waals surface area contributed by atoms with E-state index in [1.54, 1.807) is 13.2 Å². The topological polar surface area (TPSA) is 38.5 Å². The van der Waals surface area contributed by atoms with Gasteiger partial charge in [0.15, 0.2) is 0 Å². The van der Waals surface area contributed by atoms with Gasteiger partial charge in [-0.1, -0.05) is 31.1 Å². The summed E-state index contributed by atoms with van der Waals surface area (Å²) >= 11 is 0. The van der Waals surface area contributed by atoms with Crippen molar-refractivity contribution >= 4 is 10.9 Å². The molecule has 1 saturated heterocycles. The van der Waals surface area contributed by atoms with E-state index in [0.29, 0.717) is 23.4 Å². The molecule has 1 atom stereocenters. The maximum Gasteiger partial charge on any atom is 0.147 e. The molecular formula is C23H27FN2O2. The van der Waals surface area contributed by atoms with E-state index < -0.39 is 0 Å². The first-order valence-electron chi connectivity index (χ1n) is 9.99. The molecule has 5 heteroatoms. The lowest BCUT2D eigenvalue weighted by Gasteiger charge is -2.39. The van der Waals surface area contributed by atoms with Crippen molar-refractivity contribution < 1.29 is 13.7 Å². The van der Waals surface area contributed by atoms with Gasteiger partial charge in [-0.25, -0.2) is 4.39 Å². The minimum Gasteiger partial charge on any atom is -0.497 e. The monoisotopic (exact) mass is 382 g/mol. The highest BCUT2D eigenvalue weighted by molar-refractivity contribution is 5.80. The Labute approximate surface area is 165 Å². The van der Waals surface area contributed by atoms with Crippen LogP contribution in [0.5, 0.6) is 5.75 Å². The molecule has 2 aromatic carbocycles. The molecule has 4 rings (SSSR count). The van der Waals surface area contributed by atoms with Gasteiger partial charge in [-0.3, -0.25) is 4.90 Å². The quantitative estimate of drug-likeness (QED) is 0.580. The number of hydrogen-bond donors (Lipinski definition) is 0. The summed E-state index contributed by atoms with van der Waals surface area (Å²) in [6.07, 6.45) is 2.02. The number of benzene rings is 2. The summed E-state index contributed by atoms with van der Waals surface area (Å²) in [5.41, 5.74) is 1.90. The summed E-state index contributed by atoms with van der Waals surface area (Å²) in [6.45, 7) is 6.53. The van der Waals surface area contributed by atoms with Crippen LogP contribution in [-0.4, -0.2) is 30.3 Å². The molecule has 0 amide bonds. The van der Waals surface area contributed by atoms with Gasteiger partial charge in [0.25, 0.3) is 0 Å². The first kappa shape index (κ1) is 18.9. The molecule has 3 aromatic rings. The minimum absolute atomic E-state index is 0.278. The normalized spacial score (nSPS) is 17.3. The van der Waals surface area contributed by atoms with Crippen LogP contribution in [0, 0.1) is 11.7 Å². The van der Waals surface area contributed by atoms with Gasteiger partial charge in [-0.05, 0) is 61.7 Å². The zero-order chi connectivity index (χ0) is 19.7. The molecule has 0 bridgehead atoms. The third kappa shape index (κ3) is 3.63. The average Bonchev–Trinajstić information content (AvgIpc) is 3.11. The second-order valence-corrected chi connectivity index (χ2v) is 7.98. The summed E-state index contributed by atoms with van der Waals surface area (Å²) in [7, 11) is 1.71. The molecule has 0 N–H and O–H groups in total. The molecule has 28 heavy (non-hydrogen) atoms. The molecule has 1 aromatic heterocycles. The molecule has 1 aliphatic heterocycles. The van der Waals surface area contributed by atoms with Crippen LogP contribution in [0.15, 0.2) is 47.0 Å². The van der Waals surface area contributed by atoms with Crippen LogP contribution in [0.25, 0.3) is 10.9 Å². The number of halogens is 1. The number of methoxy groups -OCH3 is 1. The largest absolute Gasteiger partial charge is 0.497 e. The van der Waals surface area contributed by atoms with E-state index in [1.807, 2.05) is 6.07 Å². The lowest BCUT2D eigenvalue weighted by atomic mass is 9.88. The van der Waals surface area contributed by atoms with Crippen molar-refractivity contribution in [1.82, 2.24) is 10.1 Å². The first-order valence-corrected chi connectivity index (χ1v) is 9.99. The van der Waals surface area contributed by atoms with Crippen molar-refractivity contribution in [2.75, 3.05) is 20.2 Å². The van der Waals surface area contributed by atoms with Crippen LogP contribution in [0.3, 0.4) is 0 Å². The highest BCUT2D eigenvalue weighted by Crippen LogP contribution is 2.38. The van der Waals surface area contributed by atoms with E-state index in [-0.39, 0.29) is 5.82 Å². The number of fused-ring (bicyclic) bond motifs is 1. The second kappa shape index (κ2) is 7.92.